The molecule has 0 spiro atoms. The largest absolute Gasteiger partial charge is 0.382 e. The van der Waals surface area contributed by atoms with E-state index >= 15 is 0 Å². The number of hydrogen-bond acceptors (Lipinski definition) is 8. The van der Waals surface area contributed by atoms with Gasteiger partial charge in [-0.1, -0.05) is 17.7 Å². The van der Waals surface area contributed by atoms with Gasteiger partial charge in [0.05, 0.1) is 20.4 Å². The summed E-state index contributed by atoms with van der Waals surface area (Å²) in [5.41, 5.74) is 6.58. The predicted octanol–water partition coefficient (Wildman–Crippen LogP) is 5.44. The summed E-state index contributed by atoms with van der Waals surface area (Å²) in [6, 6.07) is 9.90. The Labute approximate surface area is 254 Å². The molecule has 0 saturated carbocycles. The summed E-state index contributed by atoms with van der Waals surface area (Å²) in [6.07, 6.45) is 4.87. The Bertz CT molecular complexity index is 1600. The van der Waals surface area contributed by atoms with E-state index in [1.54, 1.807) is 12.3 Å². The van der Waals surface area contributed by atoms with Crippen LogP contribution in [0.4, 0.5) is 17.2 Å². The Hall–Kier alpha value is -3.37. The van der Waals surface area contributed by atoms with Gasteiger partial charge in [-0.05, 0) is 81.5 Å². The molecule has 2 aromatic heterocycles. The van der Waals surface area contributed by atoms with E-state index in [-0.39, 0.29) is 11.9 Å². The van der Waals surface area contributed by atoms with Crippen LogP contribution < -0.4 is 15.1 Å². The average Bonchev–Trinajstić information content (AvgIpc) is 2.96. The second kappa shape index (κ2) is 12.1. The summed E-state index contributed by atoms with van der Waals surface area (Å²) in [7, 11) is -2.96. The number of halogens is 1. The van der Waals surface area contributed by atoms with Crippen molar-refractivity contribution in [3.8, 4) is 0 Å². The number of nitrogens with one attached hydrogen (secondary N) is 2. The van der Waals surface area contributed by atoms with Crippen LogP contribution >= 0.6 is 11.6 Å². The minimum absolute atomic E-state index is 0.0360. The van der Waals surface area contributed by atoms with E-state index in [0.29, 0.717) is 41.9 Å². The lowest BCUT2D eigenvalue weighted by atomic mass is 9.94. The van der Waals surface area contributed by atoms with Gasteiger partial charge in [0.1, 0.15) is 5.82 Å². The average molecular weight is 610 g/mol. The summed E-state index contributed by atoms with van der Waals surface area (Å²) < 4.78 is 20.5. The number of aryl methyl sites for hydroxylation is 3. The first-order valence-electron chi connectivity index (χ1n) is 14.4. The van der Waals surface area contributed by atoms with Crippen LogP contribution in [0, 0.1) is 32.5 Å². The predicted molar refractivity (Wildman–Crippen MR) is 171 cm³/mol. The fraction of sp³-hybridized carbons (Fsp3) is 0.452. The highest BCUT2D eigenvalue weighted by Crippen LogP contribution is 2.32. The van der Waals surface area contributed by atoms with Gasteiger partial charge in [0.25, 0.3) is 5.91 Å². The van der Waals surface area contributed by atoms with Crippen molar-refractivity contribution < 1.29 is 9.00 Å². The van der Waals surface area contributed by atoms with E-state index in [1.807, 2.05) is 43.9 Å². The van der Waals surface area contributed by atoms with Crippen LogP contribution in [0.1, 0.15) is 45.6 Å². The summed E-state index contributed by atoms with van der Waals surface area (Å²) >= 11 is 6.45. The minimum Gasteiger partial charge on any atom is -0.382 e. The number of benzene rings is 1. The molecular weight excluding hydrogens is 570 g/mol. The Morgan fingerprint density at radius 2 is 1.69 bits per heavy atom. The molecule has 2 fully saturated rings. The minimum atomic E-state index is -2.96. The normalized spacial score (nSPS) is 17.7. The molecule has 1 atom stereocenters. The third kappa shape index (κ3) is 6.20. The summed E-state index contributed by atoms with van der Waals surface area (Å²) in [6.45, 7) is 12.1. The number of nitrogens with zero attached hydrogens (tertiary/aromatic N) is 5. The van der Waals surface area contributed by atoms with E-state index in [4.69, 9.17) is 16.4 Å². The third-order valence-electron chi connectivity index (χ3n) is 8.32. The Morgan fingerprint density at radius 1 is 1.00 bits per heavy atom. The fourth-order valence-corrected chi connectivity index (χ4v) is 7.24. The molecule has 2 N–H and O–H groups in total. The topological polar surface area (TPSA) is 106 Å². The number of anilines is 3. The standard InChI is InChI=1S/C31H40ClN7O2S/c1-20-19-21(2)28(36-24-10-13-38(14-11-24)29-25(32)9-8-22(3)35-29)23(4)27(20)31(40)39-17-15-37(16-18-39)26-7-6-12-34-30(26)42(5,33)41/h6-9,12,19,24,33,36H,10-11,13-18H2,1-5H3. The molecule has 0 aliphatic carbocycles. The van der Waals surface area contributed by atoms with Gasteiger partial charge in [-0.25, -0.2) is 19.0 Å². The number of pyridine rings is 2. The number of piperidine rings is 1. The molecule has 1 amide bonds. The summed E-state index contributed by atoms with van der Waals surface area (Å²) in [5.74, 6) is 0.891. The van der Waals surface area contributed by atoms with Gasteiger partial charge in [-0.2, -0.15) is 0 Å². The number of carbonyl (C=O) groups is 1. The first kappa shape index (κ1) is 30.1. The number of carbonyl (C=O) groups excluding carboxylic acids is 1. The SMILES string of the molecule is Cc1ccc(Cl)c(N2CCC(Nc3c(C)cc(C)c(C(=O)N4CCN(c5cccnc5S(C)(=N)=O)CC4)c3C)CC2)n1. The molecule has 1 aromatic carbocycles. The highest BCUT2D eigenvalue weighted by Gasteiger charge is 2.29. The molecule has 9 nitrogen and oxygen atoms in total. The first-order valence-corrected chi connectivity index (χ1v) is 16.8. The highest BCUT2D eigenvalue weighted by molar-refractivity contribution is 7.91. The molecule has 0 bridgehead atoms. The van der Waals surface area contributed by atoms with E-state index in [2.05, 4.69) is 38.1 Å². The molecule has 4 heterocycles. The first-order chi connectivity index (χ1) is 19.9. The zero-order chi connectivity index (χ0) is 30.2. The van der Waals surface area contributed by atoms with Gasteiger partial charge in [0.15, 0.2) is 5.03 Å². The van der Waals surface area contributed by atoms with Crippen molar-refractivity contribution in [2.24, 2.45) is 0 Å². The summed E-state index contributed by atoms with van der Waals surface area (Å²) in [5, 5.41) is 4.76. The number of rotatable bonds is 6. The second-order valence-electron chi connectivity index (χ2n) is 11.5. The Kier molecular flexibility index (Phi) is 8.66. The molecule has 2 saturated heterocycles. The van der Waals surface area contributed by atoms with Crippen molar-refractivity contribution in [3.63, 3.8) is 0 Å². The molecule has 3 aromatic rings. The van der Waals surface area contributed by atoms with Crippen molar-refractivity contribution >= 4 is 44.4 Å². The van der Waals surface area contributed by atoms with Crippen LogP contribution in [0.3, 0.4) is 0 Å². The van der Waals surface area contributed by atoms with E-state index in [9.17, 15) is 9.00 Å². The molecule has 0 radical (unpaired) electrons. The zero-order valence-electron chi connectivity index (χ0n) is 25.0. The number of aromatic nitrogens is 2. The molecule has 224 valence electrons. The molecule has 42 heavy (non-hydrogen) atoms. The number of piperazine rings is 1. The van der Waals surface area contributed by atoms with Crippen LogP contribution in [0.25, 0.3) is 0 Å². The Balaban J connectivity index is 1.27. The maximum absolute atomic E-state index is 13.9. The van der Waals surface area contributed by atoms with Gasteiger partial charge in [0, 0.05) is 74.7 Å². The lowest BCUT2D eigenvalue weighted by molar-refractivity contribution is 0.0745. The van der Waals surface area contributed by atoms with Crippen molar-refractivity contribution in [1.29, 1.82) is 4.78 Å². The van der Waals surface area contributed by atoms with E-state index < -0.39 is 9.73 Å². The van der Waals surface area contributed by atoms with Crippen molar-refractivity contribution in [1.82, 2.24) is 14.9 Å². The zero-order valence-corrected chi connectivity index (χ0v) is 26.6. The van der Waals surface area contributed by atoms with Gasteiger partial charge in [-0.15, -0.1) is 0 Å². The fourth-order valence-electron chi connectivity index (χ4n) is 6.16. The highest BCUT2D eigenvalue weighted by atomic mass is 35.5. The molecule has 11 heteroatoms. The van der Waals surface area contributed by atoms with Crippen LogP contribution in [0.2, 0.25) is 5.02 Å². The molecular formula is C31H40ClN7O2S. The molecule has 2 aliphatic heterocycles. The van der Waals surface area contributed by atoms with E-state index in [1.165, 1.54) is 6.26 Å². The van der Waals surface area contributed by atoms with Crippen molar-refractivity contribution in [2.45, 2.75) is 51.6 Å². The maximum atomic E-state index is 13.9. The van der Waals surface area contributed by atoms with Gasteiger partial charge < -0.3 is 20.0 Å². The van der Waals surface area contributed by atoms with Gasteiger partial charge >= 0.3 is 0 Å². The molecule has 1 unspecified atom stereocenters. The van der Waals surface area contributed by atoms with Gasteiger partial charge in [-0.3, -0.25) is 4.79 Å². The van der Waals surface area contributed by atoms with Crippen LogP contribution in [-0.2, 0) is 9.73 Å². The van der Waals surface area contributed by atoms with Crippen molar-refractivity contribution in [3.05, 3.63) is 69.5 Å². The maximum Gasteiger partial charge on any atom is 0.254 e. The number of amides is 1. The second-order valence-corrected chi connectivity index (χ2v) is 14.0. The lowest BCUT2D eigenvalue weighted by Gasteiger charge is -2.37. The van der Waals surface area contributed by atoms with Crippen LogP contribution in [0.5, 0.6) is 0 Å². The van der Waals surface area contributed by atoms with Gasteiger partial charge in [0.2, 0.25) is 0 Å². The van der Waals surface area contributed by atoms with Crippen LogP contribution in [0.15, 0.2) is 41.6 Å². The monoisotopic (exact) mass is 609 g/mol. The lowest BCUT2D eigenvalue weighted by Crippen LogP contribution is -2.49. The number of hydrogen-bond donors (Lipinski definition) is 2. The molecule has 2 aliphatic rings. The van der Waals surface area contributed by atoms with Crippen LogP contribution in [-0.4, -0.2) is 76.6 Å². The smallest absolute Gasteiger partial charge is 0.254 e. The Morgan fingerprint density at radius 3 is 2.36 bits per heavy atom. The van der Waals surface area contributed by atoms with Crippen molar-refractivity contribution in [2.75, 3.05) is 60.6 Å². The summed E-state index contributed by atoms with van der Waals surface area (Å²) in [4.78, 5) is 29.0. The quantitative estimate of drug-likeness (QED) is 0.383. The molecule has 5 rings (SSSR count). The third-order valence-corrected chi connectivity index (χ3v) is 9.67. The van der Waals surface area contributed by atoms with E-state index in [0.717, 1.165) is 65.4 Å².